The van der Waals surface area contributed by atoms with Gasteiger partial charge in [0.1, 0.15) is 18.5 Å². The third-order valence-corrected chi connectivity index (χ3v) is 8.26. The highest BCUT2D eigenvalue weighted by molar-refractivity contribution is 5.89. The van der Waals surface area contributed by atoms with E-state index in [4.69, 9.17) is 52.1 Å². The largest absolute Gasteiger partial charge is 0.471 e. The van der Waals surface area contributed by atoms with Gasteiger partial charge in [0.15, 0.2) is 24.6 Å². The van der Waals surface area contributed by atoms with E-state index in [-0.39, 0.29) is 12.0 Å². The molecule has 1 aromatic carbocycles. The van der Waals surface area contributed by atoms with Gasteiger partial charge < -0.3 is 52.1 Å². The summed E-state index contributed by atoms with van der Waals surface area (Å²) >= 11 is 0. The molecule has 3 heterocycles. The van der Waals surface area contributed by atoms with Gasteiger partial charge in [0.25, 0.3) is 0 Å². The Hall–Kier alpha value is -4.84. The minimum Gasteiger partial charge on any atom is -0.471 e. The van der Waals surface area contributed by atoms with Gasteiger partial charge >= 0.3 is 35.8 Å². The summed E-state index contributed by atoms with van der Waals surface area (Å²) in [6, 6.07) is 6.31. The van der Waals surface area contributed by atoms with Gasteiger partial charge in [-0.25, -0.2) is 9.59 Å². The van der Waals surface area contributed by atoms with Gasteiger partial charge in [0, 0.05) is 53.2 Å². The average Bonchev–Trinajstić information content (AvgIpc) is 3.08. The molecule has 0 N–H and O–H groups in total. The van der Waals surface area contributed by atoms with Crippen LogP contribution in [0.5, 0.6) is 5.75 Å². The number of fused-ring (bicyclic) bond motifs is 1. The summed E-state index contributed by atoms with van der Waals surface area (Å²) < 4.78 is 61.7. The zero-order valence-corrected chi connectivity index (χ0v) is 29.7. The molecule has 10 atom stereocenters. The summed E-state index contributed by atoms with van der Waals surface area (Å²) in [6.45, 7) is 5.76. The Morgan fingerprint density at radius 3 is 2.04 bits per heavy atom. The maximum Gasteiger partial charge on any atom is 0.337 e. The Morgan fingerprint density at radius 2 is 1.44 bits per heavy atom. The van der Waals surface area contributed by atoms with Gasteiger partial charge in [0.05, 0.1) is 31.0 Å². The van der Waals surface area contributed by atoms with E-state index in [1.165, 1.54) is 33.5 Å². The molecular weight excluding hydrogens is 692 g/mol. The van der Waals surface area contributed by atoms with Crippen LogP contribution in [0.25, 0.3) is 6.08 Å². The fraction of sp³-hybridized carbons (Fsp3) is 0.543. The highest BCUT2D eigenvalue weighted by atomic mass is 16.8. The first-order valence-electron chi connectivity index (χ1n) is 16.3. The van der Waals surface area contributed by atoms with Gasteiger partial charge in [-0.2, -0.15) is 0 Å². The summed E-state index contributed by atoms with van der Waals surface area (Å²) in [7, 11) is 2.70. The number of hydrogen-bond donors (Lipinski definition) is 0. The standard InChI is InChI=1S/C35H42O17/c1-17-29-24(14-28(42-6)46-17)25(33(41)43-7)15-45-34(29)52-35-32(50-21(5)39)31(49-20(4)38)30(48-19(3)37)26(51-35)16-44-27(40)13-10-22-8-11-23(12-9-22)47-18(2)36/h8-13,15,17,24,26,28-32,34-35H,14,16H2,1-7H3/b13-10-/t17-,24+,26+,28-,29+,30+,31-,32+,34-,35-/m0/s1. The molecule has 3 aliphatic heterocycles. The van der Waals surface area contributed by atoms with Gasteiger partial charge in [-0.15, -0.1) is 0 Å². The molecule has 0 amide bonds. The van der Waals surface area contributed by atoms with E-state index in [1.807, 2.05) is 0 Å². The number of carbonyl (C=O) groups excluding carboxylic acids is 6. The lowest BCUT2D eigenvalue weighted by Gasteiger charge is -2.48. The van der Waals surface area contributed by atoms with E-state index in [0.29, 0.717) is 11.3 Å². The lowest BCUT2D eigenvalue weighted by atomic mass is 9.77. The predicted molar refractivity (Wildman–Crippen MR) is 172 cm³/mol. The van der Waals surface area contributed by atoms with Crippen LogP contribution >= 0.6 is 0 Å². The summed E-state index contributed by atoms with van der Waals surface area (Å²) in [5.74, 6) is -5.24. The van der Waals surface area contributed by atoms with Crippen molar-refractivity contribution in [3.05, 3.63) is 47.7 Å². The zero-order valence-electron chi connectivity index (χ0n) is 29.7. The molecular formula is C35H42O17. The molecule has 2 saturated heterocycles. The van der Waals surface area contributed by atoms with Crippen LogP contribution in [0.15, 0.2) is 42.2 Å². The molecule has 0 unspecified atom stereocenters. The molecule has 17 heteroatoms. The Labute approximate surface area is 299 Å². The van der Waals surface area contributed by atoms with E-state index in [2.05, 4.69) is 0 Å². The van der Waals surface area contributed by atoms with Crippen LogP contribution in [0.4, 0.5) is 0 Å². The summed E-state index contributed by atoms with van der Waals surface area (Å²) in [5.41, 5.74) is 0.802. The van der Waals surface area contributed by atoms with Crippen molar-refractivity contribution in [2.75, 3.05) is 20.8 Å². The summed E-state index contributed by atoms with van der Waals surface area (Å²) in [6.07, 6.45) is -5.82. The third kappa shape index (κ3) is 10.4. The van der Waals surface area contributed by atoms with Crippen LogP contribution in [0.1, 0.15) is 46.6 Å². The average molecular weight is 735 g/mol. The minimum atomic E-state index is -1.57. The number of benzene rings is 1. The molecule has 2 fully saturated rings. The van der Waals surface area contributed by atoms with Gasteiger partial charge in [-0.3, -0.25) is 19.2 Å². The second-order valence-corrected chi connectivity index (χ2v) is 12.0. The molecule has 1 aromatic rings. The van der Waals surface area contributed by atoms with Gasteiger partial charge in [0.2, 0.25) is 12.6 Å². The van der Waals surface area contributed by atoms with E-state index in [9.17, 15) is 28.8 Å². The Balaban J connectivity index is 1.61. The van der Waals surface area contributed by atoms with Crippen molar-refractivity contribution in [2.24, 2.45) is 11.8 Å². The monoisotopic (exact) mass is 734 g/mol. The van der Waals surface area contributed by atoms with E-state index in [1.54, 1.807) is 31.2 Å². The van der Waals surface area contributed by atoms with Crippen LogP contribution in [-0.2, 0) is 76.1 Å². The van der Waals surface area contributed by atoms with Crippen molar-refractivity contribution in [3.8, 4) is 5.75 Å². The number of methoxy groups -OCH3 is 2. The predicted octanol–water partition coefficient (Wildman–Crippen LogP) is 2.13. The molecule has 0 bridgehead atoms. The van der Waals surface area contributed by atoms with Crippen molar-refractivity contribution >= 4 is 41.9 Å². The first-order valence-corrected chi connectivity index (χ1v) is 16.3. The second-order valence-electron chi connectivity index (χ2n) is 12.0. The first kappa shape index (κ1) is 39.9. The first-order chi connectivity index (χ1) is 24.7. The fourth-order valence-electron chi connectivity index (χ4n) is 6.15. The summed E-state index contributed by atoms with van der Waals surface area (Å²) in [4.78, 5) is 73.6. The number of rotatable bonds is 12. The van der Waals surface area contributed by atoms with Gasteiger partial charge in [-0.1, -0.05) is 12.1 Å². The van der Waals surface area contributed by atoms with E-state index in [0.717, 1.165) is 26.8 Å². The number of esters is 6. The Kier molecular flexibility index (Phi) is 13.9. The highest BCUT2D eigenvalue weighted by Crippen LogP contribution is 2.43. The van der Waals surface area contributed by atoms with Crippen molar-refractivity contribution < 1.29 is 80.9 Å². The molecule has 3 aliphatic rings. The highest BCUT2D eigenvalue weighted by Gasteiger charge is 2.56. The molecule has 17 nitrogen and oxygen atoms in total. The van der Waals surface area contributed by atoms with E-state index < -0.39 is 104 Å². The molecule has 0 radical (unpaired) electrons. The van der Waals surface area contributed by atoms with Crippen LogP contribution in [0.2, 0.25) is 0 Å². The van der Waals surface area contributed by atoms with Crippen molar-refractivity contribution in [3.63, 3.8) is 0 Å². The lowest BCUT2D eigenvalue weighted by molar-refractivity contribution is -0.354. The number of ether oxygens (including phenoxy) is 11. The maximum atomic E-state index is 12.8. The molecule has 0 aliphatic carbocycles. The Bertz CT molecular complexity index is 1530. The molecule has 284 valence electrons. The molecule has 0 aromatic heterocycles. The topological polar surface area (TPSA) is 204 Å². The number of hydrogen-bond acceptors (Lipinski definition) is 17. The Morgan fingerprint density at radius 1 is 0.808 bits per heavy atom. The van der Waals surface area contributed by atoms with Crippen LogP contribution in [0, 0.1) is 11.8 Å². The summed E-state index contributed by atoms with van der Waals surface area (Å²) in [5, 5.41) is 0. The second kappa shape index (κ2) is 18.1. The van der Waals surface area contributed by atoms with Crippen LogP contribution in [0.3, 0.4) is 0 Å². The smallest absolute Gasteiger partial charge is 0.337 e. The minimum absolute atomic E-state index is 0.219. The van der Waals surface area contributed by atoms with Crippen molar-refractivity contribution in [1.29, 1.82) is 0 Å². The molecule has 0 spiro atoms. The number of carbonyl (C=O) groups is 6. The van der Waals surface area contributed by atoms with E-state index >= 15 is 0 Å². The molecule has 0 saturated carbocycles. The normalized spacial score (nSPS) is 29.7. The zero-order chi connectivity index (χ0) is 38.1. The quantitative estimate of drug-likeness (QED) is 0.131. The SMILES string of the molecule is COC(=O)C1=CO[C@@H](O[C@@H]2O[C@H](COC(=O)/C=C\c3ccc(OC(C)=O)cc3)[C@@H](OC(C)=O)[C@H](OC(C)=O)[C@H]2OC(C)=O)[C@@H]2[C@H](C)O[C@H](OC)C[C@H]12. The fourth-order valence-corrected chi connectivity index (χ4v) is 6.15. The van der Waals surface area contributed by atoms with Crippen LogP contribution < -0.4 is 4.74 Å². The molecule has 4 rings (SSSR count). The lowest BCUT2D eigenvalue weighted by Crippen LogP contribution is -2.64. The molecule has 52 heavy (non-hydrogen) atoms. The van der Waals surface area contributed by atoms with Crippen LogP contribution in [-0.4, -0.2) is 106 Å². The third-order valence-electron chi connectivity index (χ3n) is 8.26. The van der Waals surface area contributed by atoms with Gasteiger partial charge in [-0.05, 0) is 30.7 Å². The van der Waals surface area contributed by atoms with Crippen molar-refractivity contribution in [1.82, 2.24) is 0 Å². The van der Waals surface area contributed by atoms with Crippen molar-refractivity contribution in [2.45, 2.75) is 90.4 Å². The maximum absolute atomic E-state index is 12.8.